The number of carboxylic acids is 1. The Morgan fingerprint density at radius 2 is 2.00 bits per heavy atom. The van der Waals surface area contributed by atoms with Gasteiger partial charge in [0.25, 0.3) is 0 Å². The fourth-order valence-corrected chi connectivity index (χ4v) is 2.46. The predicted molar refractivity (Wildman–Crippen MR) is 62.3 cm³/mol. The Balaban J connectivity index is 2.29. The number of nitrogens with zero attached hydrogens (tertiary/aromatic N) is 1. The minimum atomic E-state index is -0.685. The Bertz CT molecular complexity index is 385. The lowest BCUT2D eigenvalue weighted by Crippen LogP contribution is -2.25. The summed E-state index contributed by atoms with van der Waals surface area (Å²) in [5.41, 5.74) is 2.31. The molecule has 1 aromatic carbocycles. The molecule has 1 aliphatic heterocycles. The van der Waals surface area contributed by atoms with Crippen molar-refractivity contribution in [3.8, 4) is 0 Å². The number of hydrogen-bond acceptors (Lipinski definition) is 2. The predicted octanol–water partition coefficient (Wildman–Crippen LogP) is 2.07. The van der Waals surface area contributed by atoms with E-state index in [-0.39, 0.29) is 12.0 Å². The van der Waals surface area contributed by atoms with Crippen LogP contribution < -0.4 is 0 Å². The van der Waals surface area contributed by atoms with E-state index < -0.39 is 5.97 Å². The third kappa shape index (κ3) is 1.95. The fraction of sp³-hybridized carbons (Fsp3) is 0.462. The van der Waals surface area contributed by atoms with Crippen LogP contribution >= 0.6 is 0 Å². The number of aliphatic carboxylic acids is 1. The topological polar surface area (TPSA) is 40.5 Å². The summed E-state index contributed by atoms with van der Waals surface area (Å²) in [6.45, 7) is 2.90. The first-order valence-corrected chi connectivity index (χ1v) is 5.59. The maximum absolute atomic E-state index is 11.2. The summed E-state index contributed by atoms with van der Waals surface area (Å²) in [7, 11) is 1.99. The Morgan fingerprint density at radius 1 is 1.38 bits per heavy atom. The summed E-state index contributed by atoms with van der Waals surface area (Å²) in [5.74, 6) is -0.956. The average Bonchev–Trinajstić information content (AvgIpc) is 2.62. The molecule has 2 atom stereocenters. The van der Waals surface area contributed by atoms with E-state index in [0.717, 1.165) is 18.5 Å². The largest absolute Gasteiger partial charge is 0.481 e. The lowest BCUT2D eigenvalue weighted by molar-refractivity contribution is -0.142. The first kappa shape index (κ1) is 11.1. The van der Waals surface area contributed by atoms with Gasteiger partial charge in [-0.1, -0.05) is 29.8 Å². The summed E-state index contributed by atoms with van der Waals surface area (Å²) in [5, 5.41) is 9.19. The van der Waals surface area contributed by atoms with Crippen LogP contribution in [0.1, 0.15) is 23.6 Å². The lowest BCUT2D eigenvalue weighted by Gasteiger charge is -2.23. The first-order chi connectivity index (χ1) is 7.59. The van der Waals surface area contributed by atoms with Crippen molar-refractivity contribution in [2.45, 2.75) is 19.4 Å². The minimum absolute atomic E-state index is 0.0260. The molecule has 0 amide bonds. The van der Waals surface area contributed by atoms with Gasteiger partial charge in [-0.3, -0.25) is 9.69 Å². The van der Waals surface area contributed by atoms with Crippen LogP contribution in [0.5, 0.6) is 0 Å². The molecule has 1 aliphatic rings. The van der Waals surface area contributed by atoms with Crippen LogP contribution in [-0.2, 0) is 4.79 Å². The molecule has 0 spiro atoms. The van der Waals surface area contributed by atoms with Crippen molar-refractivity contribution >= 4 is 5.97 Å². The Hall–Kier alpha value is -1.35. The van der Waals surface area contributed by atoms with Crippen LogP contribution in [0.3, 0.4) is 0 Å². The minimum Gasteiger partial charge on any atom is -0.481 e. The number of hydrogen-bond donors (Lipinski definition) is 1. The first-order valence-electron chi connectivity index (χ1n) is 5.59. The molecule has 0 radical (unpaired) electrons. The van der Waals surface area contributed by atoms with Crippen molar-refractivity contribution in [2.75, 3.05) is 13.6 Å². The van der Waals surface area contributed by atoms with Crippen molar-refractivity contribution in [3.63, 3.8) is 0 Å². The zero-order valence-corrected chi connectivity index (χ0v) is 9.68. The summed E-state index contributed by atoms with van der Waals surface area (Å²) in [6.07, 6.45) is 0.740. The van der Waals surface area contributed by atoms with Crippen molar-refractivity contribution in [2.24, 2.45) is 5.92 Å². The molecule has 1 aromatic rings. The second-order valence-electron chi connectivity index (χ2n) is 4.57. The fourth-order valence-electron chi connectivity index (χ4n) is 2.46. The molecule has 0 aliphatic carbocycles. The maximum atomic E-state index is 11.2. The molecule has 0 saturated carbocycles. The number of benzene rings is 1. The summed E-state index contributed by atoms with van der Waals surface area (Å²) < 4.78 is 0. The highest BCUT2D eigenvalue weighted by molar-refractivity contribution is 5.71. The van der Waals surface area contributed by atoms with Gasteiger partial charge in [0.05, 0.1) is 5.92 Å². The van der Waals surface area contributed by atoms with E-state index in [9.17, 15) is 9.90 Å². The standard InChI is InChI=1S/C13H17NO2/c1-9-3-5-10(6-4-9)12-11(13(15)16)7-8-14(12)2/h3-6,11-12H,7-8H2,1-2H3,(H,15,16). The molecule has 0 bridgehead atoms. The van der Waals surface area contributed by atoms with Gasteiger partial charge in [0.15, 0.2) is 0 Å². The molecule has 0 aromatic heterocycles. The molecule has 1 saturated heterocycles. The number of carbonyl (C=O) groups is 1. The molecule has 1 heterocycles. The van der Waals surface area contributed by atoms with E-state index in [1.807, 2.05) is 38.2 Å². The van der Waals surface area contributed by atoms with Crippen LogP contribution in [0, 0.1) is 12.8 Å². The highest BCUT2D eigenvalue weighted by Gasteiger charge is 2.37. The molecule has 16 heavy (non-hydrogen) atoms. The molecule has 86 valence electrons. The van der Waals surface area contributed by atoms with Crippen LogP contribution in [0.25, 0.3) is 0 Å². The van der Waals surface area contributed by atoms with Gasteiger partial charge >= 0.3 is 5.97 Å². The summed E-state index contributed by atoms with van der Waals surface area (Å²) >= 11 is 0. The number of rotatable bonds is 2. The normalized spacial score (nSPS) is 25.9. The third-order valence-corrected chi connectivity index (χ3v) is 3.38. The summed E-state index contributed by atoms with van der Waals surface area (Å²) in [6, 6.07) is 8.19. The van der Waals surface area contributed by atoms with Gasteiger partial charge in [-0.15, -0.1) is 0 Å². The lowest BCUT2D eigenvalue weighted by atomic mass is 9.93. The van der Waals surface area contributed by atoms with E-state index >= 15 is 0 Å². The molecule has 2 unspecified atom stereocenters. The maximum Gasteiger partial charge on any atom is 0.308 e. The van der Waals surface area contributed by atoms with Gasteiger partial charge in [-0.25, -0.2) is 0 Å². The SMILES string of the molecule is Cc1ccc(C2C(C(=O)O)CCN2C)cc1. The van der Waals surface area contributed by atoms with E-state index in [2.05, 4.69) is 4.90 Å². The van der Waals surface area contributed by atoms with Crippen LogP contribution in [0.2, 0.25) is 0 Å². The second-order valence-corrected chi connectivity index (χ2v) is 4.57. The van der Waals surface area contributed by atoms with E-state index in [1.165, 1.54) is 5.56 Å². The third-order valence-electron chi connectivity index (χ3n) is 3.38. The van der Waals surface area contributed by atoms with Gasteiger partial charge in [0, 0.05) is 6.04 Å². The number of carboxylic acid groups (broad SMARTS) is 1. The van der Waals surface area contributed by atoms with Crippen molar-refractivity contribution < 1.29 is 9.90 Å². The molecule has 3 heteroatoms. The molecule has 2 rings (SSSR count). The molecule has 1 N–H and O–H groups in total. The summed E-state index contributed by atoms with van der Waals surface area (Å²) in [4.78, 5) is 13.3. The van der Waals surface area contributed by atoms with Gasteiger partial charge in [0.1, 0.15) is 0 Å². The van der Waals surface area contributed by atoms with Crippen molar-refractivity contribution in [3.05, 3.63) is 35.4 Å². The van der Waals surface area contributed by atoms with Gasteiger partial charge < -0.3 is 5.11 Å². The van der Waals surface area contributed by atoms with Gasteiger partial charge in [-0.05, 0) is 32.5 Å². The van der Waals surface area contributed by atoms with Crippen LogP contribution in [0.15, 0.2) is 24.3 Å². The van der Waals surface area contributed by atoms with Crippen molar-refractivity contribution in [1.29, 1.82) is 0 Å². The highest BCUT2D eigenvalue weighted by Crippen LogP contribution is 2.36. The molecule has 3 nitrogen and oxygen atoms in total. The Kier molecular flexibility index (Phi) is 2.97. The monoisotopic (exact) mass is 219 g/mol. The van der Waals surface area contributed by atoms with Crippen LogP contribution in [0.4, 0.5) is 0 Å². The number of likely N-dealkylation sites (tertiary alicyclic amines) is 1. The van der Waals surface area contributed by atoms with Crippen molar-refractivity contribution in [1.82, 2.24) is 4.90 Å². The smallest absolute Gasteiger partial charge is 0.308 e. The van der Waals surface area contributed by atoms with Crippen LogP contribution in [-0.4, -0.2) is 29.6 Å². The molecular formula is C13H17NO2. The zero-order valence-electron chi connectivity index (χ0n) is 9.68. The van der Waals surface area contributed by atoms with Gasteiger partial charge in [-0.2, -0.15) is 0 Å². The Labute approximate surface area is 95.7 Å². The van der Waals surface area contributed by atoms with E-state index in [0.29, 0.717) is 0 Å². The quantitative estimate of drug-likeness (QED) is 0.827. The molecule has 1 fully saturated rings. The second kappa shape index (κ2) is 4.26. The zero-order chi connectivity index (χ0) is 11.7. The molecular weight excluding hydrogens is 202 g/mol. The van der Waals surface area contributed by atoms with E-state index in [4.69, 9.17) is 0 Å². The Morgan fingerprint density at radius 3 is 2.56 bits per heavy atom. The highest BCUT2D eigenvalue weighted by atomic mass is 16.4. The number of aryl methyl sites for hydroxylation is 1. The van der Waals surface area contributed by atoms with E-state index in [1.54, 1.807) is 0 Å². The average molecular weight is 219 g/mol. The van der Waals surface area contributed by atoms with Gasteiger partial charge in [0.2, 0.25) is 0 Å².